The Morgan fingerprint density at radius 2 is 2.17 bits per heavy atom. The first-order valence-electron chi connectivity index (χ1n) is 7.87. The highest BCUT2D eigenvalue weighted by Gasteiger charge is 2.25. The lowest BCUT2D eigenvalue weighted by molar-refractivity contribution is 0.291. The summed E-state index contributed by atoms with van der Waals surface area (Å²) in [5, 5.41) is 8.94. The molecule has 0 amide bonds. The summed E-state index contributed by atoms with van der Waals surface area (Å²) in [4.78, 5) is 16.6. The van der Waals surface area contributed by atoms with Crippen molar-refractivity contribution in [2.75, 3.05) is 5.32 Å². The third kappa shape index (κ3) is 2.50. The van der Waals surface area contributed by atoms with Crippen molar-refractivity contribution in [3.05, 3.63) is 52.5 Å². The van der Waals surface area contributed by atoms with Crippen LogP contribution in [0.4, 0.5) is 5.69 Å². The lowest BCUT2D eigenvalue weighted by Crippen LogP contribution is -2.16. The van der Waals surface area contributed by atoms with E-state index in [1.165, 1.54) is 6.42 Å². The average molecular weight is 310 g/mol. The van der Waals surface area contributed by atoms with Crippen LogP contribution in [0.5, 0.6) is 0 Å². The fraction of sp³-hybridized carbons (Fsp3) is 0.353. The standard InChI is InChI=1S/C17H18N4O2/c1-21-9-8-12-13(17(21)22)6-3-7-14(12)18-10-15-19-16(23-20-15)11-4-2-5-11/h3,6-9,11,18H,2,4-5,10H2,1H3. The molecule has 1 aromatic carbocycles. The predicted octanol–water partition coefficient (Wildman–Crippen LogP) is 2.80. The van der Waals surface area contributed by atoms with Gasteiger partial charge in [0.25, 0.3) is 5.56 Å². The summed E-state index contributed by atoms with van der Waals surface area (Å²) in [6, 6.07) is 7.61. The monoisotopic (exact) mass is 310 g/mol. The molecule has 3 aromatic rings. The van der Waals surface area contributed by atoms with E-state index in [1.807, 2.05) is 24.3 Å². The molecule has 6 heteroatoms. The van der Waals surface area contributed by atoms with Gasteiger partial charge in [-0.05, 0) is 31.0 Å². The van der Waals surface area contributed by atoms with E-state index in [1.54, 1.807) is 17.8 Å². The molecular weight excluding hydrogens is 292 g/mol. The minimum Gasteiger partial charge on any atom is -0.377 e. The average Bonchev–Trinajstić information content (AvgIpc) is 2.95. The van der Waals surface area contributed by atoms with E-state index in [-0.39, 0.29) is 5.56 Å². The molecule has 1 fully saturated rings. The van der Waals surface area contributed by atoms with E-state index >= 15 is 0 Å². The van der Waals surface area contributed by atoms with Crippen LogP contribution >= 0.6 is 0 Å². The summed E-state index contributed by atoms with van der Waals surface area (Å²) in [6.07, 6.45) is 5.30. The van der Waals surface area contributed by atoms with E-state index in [4.69, 9.17) is 4.52 Å². The Morgan fingerprint density at radius 3 is 2.96 bits per heavy atom. The van der Waals surface area contributed by atoms with Gasteiger partial charge in [0.2, 0.25) is 5.89 Å². The first-order chi connectivity index (χ1) is 11.2. The summed E-state index contributed by atoms with van der Waals surface area (Å²) in [5.74, 6) is 1.84. The Balaban J connectivity index is 1.57. The number of hydrogen-bond donors (Lipinski definition) is 1. The number of rotatable bonds is 4. The van der Waals surface area contributed by atoms with Gasteiger partial charge in [-0.1, -0.05) is 17.6 Å². The quantitative estimate of drug-likeness (QED) is 0.802. The maximum atomic E-state index is 12.2. The SMILES string of the molecule is Cn1ccc2c(NCc3noc(C4CCC4)n3)cccc2c1=O. The number of aryl methyl sites for hydroxylation is 1. The smallest absolute Gasteiger partial charge is 0.258 e. The van der Waals surface area contributed by atoms with Crippen molar-refractivity contribution >= 4 is 16.5 Å². The fourth-order valence-electron chi connectivity index (χ4n) is 2.86. The van der Waals surface area contributed by atoms with E-state index < -0.39 is 0 Å². The number of anilines is 1. The van der Waals surface area contributed by atoms with Gasteiger partial charge in [-0.2, -0.15) is 4.98 Å². The minimum atomic E-state index is -0.00187. The number of nitrogens with one attached hydrogen (secondary N) is 1. The molecule has 1 aliphatic rings. The molecule has 0 saturated heterocycles. The van der Waals surface area contributed by atoms with E-state index in [9.17, 15) is 4.79 Å². The lowest BCUT2D eigenvalue weighted by Gasteiger charge is -2.20. The molecule has 0 bridgehead atoms. The highest BCUT2D eigenvalue weighted by atomic mass is 16.5. The number of pyridine rings is 1. The molecule has 1 saturated carbocycles. The van der Waals surface area contributed by atoms with Crippen LogP contribution in [0.25, 0.3) is 10.8 Å². The van der Waals surface area contributed by atoms with Crippen LogP contribution in [0.2, 0.25) is 0 Å². The molecule has 0 radical (unpaired) electrons. The Morgan fingerprint density at radius 1 is 1.30 bits per heavy atom. The molecule has 0 atom stereocenters. The van der Waals surface area contributed by atoms with Gasteiger partial charge in [0.05, 0.1) is 6.54 Å². The molecule has 1 N–H and O–H groups in total. The van der Waals surface area contributed by atoms with Gasteiger partial charge in [-0.3, -0.25) is 4.79 Å². The summed E-state index contributed by atoms with van der Waals surface area (Å²) in [5.41, 5.74) is 0.896. The largest absolute Gasteiger partial charge is 0.377 e. The van der Waals surface area contributed by atoms with Crippen molar-refractivity contribution in [1.29, 1.82) is 0 Å². The van der Waals surface area contributed by atoms with Gasteiger partial charge in [0.15, 0.2) is 5.82 Å². The molecular formula is C17H18N4O2. The molecule has 2 heterocycles. The van der Waals surface area contributed by atoms with Crippen LogP contribution in [-0.4, -0.2) is 14.7 Å². The number of nitrogens with zero attached hydrogens (tertiary/aromatic N) is 3. The number of fused-ring (bicyclic) bond motifs is 1. The summed E-state index contributed by atoms with van der Waals surface area (Å²) in [7, 11) is 1.75. The molecule has 2 aromatic heterocycles. The highest BCUT2D eigenvalue weighted by molar-refractivity contribution is 5.93. The molecule has 0 aliphatic heterocycles. The van der Waals surface area contributed by atoms with Crippen LogP contribution < -0.4 is 10.9 Å². The van der Waals surface area contributed by atoms with Crippen LogP contribution in [0.3, 0.4) is 0 Å². The Labute approximate surface area is 133 Å². The van der Waals surface area contributed by atoms with Gasteiger partial charge < -0.3 is 14.4 Å². The first kappa shape index (κ1) is 14.0. The molecule has 0 unspecified atom stereocenters. The van der Waals surface area contributed by atoms with Gasteiger partial charge in [0, 0.05) is 35.6 Å². The van der Waals surface area contributed by atoms with E-state index in [2.05, 4.69) is 15.5 Å². The summed E-state index contributed by atoms with van der Waals surface area (Å²) in [6.45, 7) is 0.477. The zero-order valence-electron chi connectivity index (χ0n) is 13.0. The third-order valence-electron chi connectivity index (χ3n) is 4.50. The molecule has 4 rings (SSSR count). The van der Waals surface area contributed by atoms with Crippen molar-refractivity contribution in [3.8, 4) is 0 Å². The van der Waals surface area contributed by atoms with E-state index in [0.29, 0.717) is 23.7 Å². The fourth-order valence-corrected chi connectivity index (χ4v) is 2.86. The maximum absolute atomic E-state index is 12.2. The predicted molar refractivity (Wildman–Crippen MR) is 87.4 cm³/mol. The van der Waals surface area contributed by atoms with E-state index in [0.717, 1.165) is 29.8 Å². The number of benzene rings is 1. The Bertz CT molecular complexity index is 908. The number of aromatic nitrogens is 3. The van der Waals surface area contributed by atoms with Crippen molar-refractivity contribution in [3.63, 3.8) is 0 Å². The number of hydrogen-bond acceptors (Lipinski definition) is 5. The van der Waals surface area contributed by atoms with Crippen molar-refractivity contribution < 1.29 is 4.52 Å². The van der Waals surface area contributed by atoms with Gasteiger partial charge in [-0.15, -0.1) is 0 Å². The molecule has 118 valence electrons. The normalized spacial score (nSPS) is 14.8. The Kier molecular flexibility index (Phi) is 3.37. The van der Waals surface area contributed by atoms with Crippen molar-refractivity contribution in [1.82, 2.24) is 14.7 Å². The van der Waals surface area contributed by atoms with Gasteiger partial charge in [0.1, 0.15) is 0 Å². The molecule has 0 spiro atoms. The molecule has 23 heavy (non-hydrogen) atoms. The zero-order chi connectivity index (χ0) is 15.8. The van der Waals surface area contributed by atoms with Crippen LogP contribution in [-0.2, 0) is 13.6 Å². The molecule has 6 nitrogen and oxygen atoms in total. The summed E-state index contributed by atoms with van der Waals surface area (Å²) >= 11 is 0. The topological polar surface area (TPSA) is 73.0 Å². The molecule has 1 aliphatic carbocycles. The third-order valence-corrected chi connectivity index (χ3v) is 4.50. The second-order valence-corrected chi connectivity index (χ2v) is 6.03. The van der Waals surface area contributed by atoms with Gasteiger partial charge in [-0.25, -0.2) is 0 Å². The summed E-state index contributed by atoms with van der Waals surface area (Å²) < 4.78 is 6.90. The van der Waals surface area contributed by atoms with Crippen LogP contribution in [0.15, 0.2) is 39.8 Å². The second-order valence-electron chi connectivity index (χ2n) is 6.03. The van der Waals surface area contributed by atoms with Gasteiger partial charge >= 0.3 is 0 Å². The zero-order valence-corrected chi connectivity index (χ0v) is 13.0. The Hall–Kier alpha value is -2.63. The van der Waals surface area contributed by atoms with Crippen molar-refractivity contribution in [2.24, 2.45) is 7.05 Å². The highest BCUT2D eigenvalue weighted by Crippen LogP contribution is 2.35. The minimum absolute atomic E-state index is 0.00187. The maximum Gasteiger partial charge on any atom is 0.258 e. The lowest BCUT2D eigenvalue weighted by atomic mass is 9.85. The van der Waals surface area contributed by atoms with Crippen LogP contribution in [0.1, 0.15) is 36.9 Å². The first-order valence-corrected chi connectivity index (χ1v) is 7.87. The second kappa shape index (κ2) is 5.53. The van der Waals surface area contributed by atoms with Crippen LogP contribution in [0, 0.1) is 0 Å². The van der Waals surface area contributed by atoms with Crippen molar-refractivity contribution in [2.45, 2.75) is 31.7 Å².